The van der Waals surface area contributed by atoms with Gasteiger partial charge in [0.1, 0.15) is 5.52 Å². The Morgan fingerprint density at radius 1 is 0.947 bits per heavy atom. The van der Waals surface area contributed by atoms with Crippen molar-refractivity contribution in [3.8, 4) is 11.3 Å². The number of halogens is 1. The lowest BCUT2D eigenvalue weighted by Gasteiger charge is -2.02. The van der Waals surface area contributed by atoms with E-state index in [9.17, 15) is 0 Å². The van der Waals surface area contributed by atoms with E-state index in [0.29, 0.717) is 0 Å². The van der Waals surface area contributed by atoms with E-state index in [0.717, 1.165) is 11.2 Å². The molecule has 0 aliphatic heterocycles. The molecule has 96 valence electrons. The Labute approximate surface area is 130 Å². The predicted octanol–water partition coefficient (Wildman–Crippen LogP) is 0.0387. The van der Waals surface area contributed by atoms with Crippen molar-refractivity contribution in [1.29, 1.82) is 0 Å². The summed E-state index contributed by atoms with van der Waals surface area (Å²) in [4.78, 5) is 0. The van der Waals surface area contributed by atoms with E-state index < -0.39 is 0 Å². The van der Waals surface area contributed by atoms with Gasteiger partial charge in [0.2, 0.25) is 5.69 Å². The van der Waals surface area contributed by atoms with E-state index >= 15 is 0 Å². The molecule has 3 rings (SSSR count). The largest absolute Gasteiger partial charge is 1.00 e. The zero-order valence-electron chi connectivity index (χ0n) is 11.0. The van der Waals surface area contributed by atoms with Crippen LogP contribution in [0, 0.1) is 6.92 Å². The zero-order chi connectivity index (χ0) is 12.5. The van der Waals surface area contributed by atoms with E-state index in [4.69, 9.17) is 0 Å². The molecule has 0 saturated carbocycles. The van der Waals surface area contributed by atoms with E-state index in [1.54, 1.807) is 0 Å². The fourth-order valence-electron chi connectivity index (χ4n) is 2.26. The van der Waals surface area contributed by atoms with Crippen molar-refractivity contribution >= 4 is 10.9 Å². The summed E-state index contributed by atoms with van der Waals surface area (Å²) in [5, 5.41) is 5.86. The van der Waals surface area contributed by atoms with Crippen LogP contribution < -0.4 is 28.7 Å². The first-order valence-corrected chi connectivity index (χ1v) is 6.08. The molecule has 0 aliphatic rings. The molecule has 0 atom stereocenters. The lowest BCUT2D eigenvalue weighted by atomic mass is 10.1. The van der Waals surface area contributed by atoms with Gasteiger partial charge in [0.15, 0.2) is 7.05 Å². The molecular weight excluding hydrogens is 347 g/mol. The van der Waals surface area contributed by atoms with Gasteiger partial charge in [-0.15, -0.1) is 0 Å². The number of aryl methyl sites for hydroxylation is 2. The second-order valence-corrected chi connectivity index (χ2v) is 4.53. The van der Waals surface area contributed by atoms with Crippen molar-refractivity contribution in [3.05, 3.63) is 60.2 Å². The normalized spacial score (nSPS) is 10.2. The number of hydrogen-bond acceptors (Lipinski definition) is 1. The SMILES string of the molecule is Cc1cccc2cc(-c3ccccc3)[n+](C)nc12.[I-]. The first kappa shape index (κ1) is 13.9. The maximum atomic E-state index is 4.67. The molecule has 1 heterocycles. The molecule has 0 bridgehead atoms. The number of benzene rings is 2. The summed E-state index contributed by atoms with van der Waals surface area (Å²) in [5.41, 5.74) is 4.60. The molecule has 0 amide bonds. The van der Waals surface area contributed by atoms with Crippen molar-refractivity contribution in [2.75, 3.05) is 0 Å². The second-order valence-electron chi connectivity index (χ2n) is 4.53. The molecule has 2 nitrogen and oxygen atoms in total. The average Bonchev–Trinajstić information content (AvgIpc) is 2.40. The fourth-order valence-corrected chi connectivity index (χ4v) is 2.26. The summed E-state index contributed by atoms with van der Waals surface area (Å²) in [7, 11) is 1.99. The zero-order valence-corrected chi connectivity index (χ0v) is 13.1. The van der Waals surface area contributed by atoms with Crippen LogP contribution >= 0.6 is 0 Å². The molecule has 0 N–H and O–H groups in total. The Balaban J connectivity index is 0.00000133. The van der Waals surface area contributed by atoms with Gasteiger partial charge in [-0.25, -0.2) is 0 Å². The summed E-state index contributed by atoms with van der Waals surface area (Å²) >= 11 is 0. The van der Waals surface area contributed by atoms with Crippen LogP contribution in [0.15, 0.2) is 54.6 Å². The highest BCUT2D eigenvalue weighted by molar-refractivity contribution is 5.83. The number of aromatic nitrogens is 2. The molecule has 19 heavy (non-hydrogen) atoms. The van der Waals surface area contributed by atoms with Gasteiger partial charge in [-0.2, -0.15) is 0 Å². The highest BCUT2D eigenvalue weighted by Gasteiger charge is 2.13. The first-order valence-electron chi connectivity index (χ1n) is 6.08. The monoisotopic (exact) mass is 362 g/mol. The van der Waals surface area contributed by atoms with Crippen LogP contribution in [0.25, 0.3) is 22.2 Å². The van der Waals surface area contributed by atoms with E-state index in [1.165, 1.54) is 16.5 Å². The van der Waals surface area contributed by atoms with Crippen LogP contribution in [0.1, 0.15) is 5.56 Å². The van der Waals surface area contributed by atoms with Crippen LogP contribution in [-0.4, -0.2) is 5.10 Å². The van der Waals surface area contributed by atoms with Gasteiger partial charge in [0.05, 0.1) is 0 Å². The van der Waals surface area contributed by atoms with Gasteiger partial charge in [0, 0.05) is 22.1 Å². The lowest BCUT2D eigenvalue weighted by molar-refractivity contribution is -0.718. The Hall–Kier alpha value is -1.49. The maximum Gasteiger partial charge on any atom is 0.239 e. The number of fused-ring (bicyclic) bond motifs is 1. The average molecular weight is 362 g/mol. The highest BCUT2D eigenvalue weighted by atomic mass is 127. The molecular formula is C16H15IN2. The second kappa shape index (κ2) is 5.65. The summed E-state index contributed by atoms with van der Waals surface area (Å²) in [5.74, 6) is 0. The van der Waals surface area contributed by atoms with Crippen LogP contribution in [0.5, 0.6) is 0 Å². The summed E-state index contributed by atoms with van der Waals surface area (Å²) in [6.07, 6.45) is 0. The number of hydrogen-bond donors (Lipinski definition) is 0. The molecule has 0 fully saturated rings. The summed E-state index contributed by atoms with van der Waals surface area (Å²) in [6.45, 7) is 2.09. The predicted molar refractivity (Wildman–Crippen MR) is 73.1 cm³/mol. The van der Waals surface area contributed by atoms with Crippen molar-refractivity contribution in [1.82, 2.24) is 5.10 Å². The minimum absolute atomic E-state index is 0. The van der Waals surface area contributed by atoms with Crippen LogP contribution in [0.4, 0.5) is 0 Å². The van der Waals surface area contributed by atoms with Gasteiger partial charge in [-0.3, -0.25) is 0 Å². The molecule has 0 radical (unpaired) electrons. The molecule has 3 heteroatoms. The van der Waals surface area contributed by atoms with Crippen molar-refractivity contribution in [2.45, 2.75) is 6.92 Å². The van der Waals surface area contributed by atoms with Crippen molar-refractivity contribution in [2.24, 2.45) is 7.05 Å². The Kier molecular flexibility index (Phi) is 4.14. The van der Waals surface area contributed by atoms with E-state index in [2.05, 4.69) is 60.6 Å². The Bertz CT molecular complexity index is 709. The van der Waals surface area contributed by atoms with Gasteiger partial charge in [-0.05, 0) is 24.6 Å². The minimum atomic E-state index is 0. The first-order chi connectivity index (χ1) is 8.75. The molecule has 0 spiro atoms. The van der Waals surface area contributed by atoms with Crippen LogP contribution in [-0.2, 0) is 7.05 Å². The molecule has 0 saturated heterocycles. The van der Waals surface area contributed by atoms with Gasteiger partial charge >= 0.3 is 0 Å². The fraction of sp³-hybridized carbons (Fsp3) is 0.125. The molecule has 2 aromatic carbocycles. The highest BCUT2D eigenvalue weighted by Crippen LogP contribution is 2.20. The smallest absolute Gasteiger partial charge is 0.239 e. The number of nitrogens with zero attached hydrogens (tertiary/aromatic N) is 2. The quantitative estimate of drug-likeness (QED) is 0.441. The van der Waals surface area contributed by atoms with Gasteiger partial charge < -0.3 is 24.0 Å². The Morgan fingerprint density at radius 2 is 1.68 bits per heavy atom. The lowest BCUT2D eigenvalue weighted by Crippen LogP contribution is -3.00. The third-order valence-electron chi connectivity index (χ3n) is 3.23. The minimum Gasteiger partial charge on any atom is -1.00 e. The van der Waals surface area contributed by atoms with Gasteiger partial charge in [-0.1, -0.05) is 41.1 Å². The topological polar surface area (TPSA) is 16.8 Å². The van der Waals surface area contributed by atoms with Crippen molar-refractivity contribution in [3.63, 3.8) is 0 Å². The van der Waals surface area contributed by atoms with E-state index in [-0.39, 0.29) is 24.0 Å². The molecule has 0 aliphatic carbocycles. The van der Waals surface area contributed by atoms with E-state index in [1.807, 2.05) is 17.8 Å². The summed E-state index contributed by atoms with van der Waals surface area (Å²) in [6, 6.07) is 18.8. The Morgan fingerprint density at radius 3 is 2.42 bits per heavy atom. The van der Waals surface area contributed by atoms with Crippen molar-refractivity contribution < 1.29 is 28.7 Å². The third kappa shape index (κ3) is 2.61. The maximum absolute atomic E-state index is 4.67. The third-order valence-corrected chi connectivity index (χ3v) is 3.23. The molecule has 0 unspecified atom stereocenters. The molecule has 1 aromatic heterocycles. The summed E-state index contributed by atoms with van der Waals surface area (Å²) < 4.78 is 1.95. The van der Waals surface area contributed by atoms with Crippen LogP contribution in [0.2, 0.25) is 0 Å². The van der Waals surface area contributed by atoms with Crippen LogP contribution in [0.3, 0.4) is 0 Å². The van der Waals surface area contributed by atoms with Gasteiger partial charge in [0.25, 0.3) is 0 Å². The number of rotatable bonds is 1. The standard InChI is InChI=1S/C16H15N2.HI/c1-12-7-6-10-14-11-15(18(2)17-16(12)14)13-8-4-3-5-9-13;/h3-11H,1-2H3;1H/q+1;/p-1. The molecule has 3 aromatic rings.